The van der Waals surface area contributed by atoms with Gasteiger partial charge in [-0.15, -0.1) is 0 Å². The van der Waals surface area contributed by atoms with E-state index in [0.29, 0.717) is 31.0 Å². The van der Waals surface area contributed by atoms with Crippen LogP contribution in [-0.2, 0) is 11.3 Å². The molecule has 1 aliphatic heterocycles. The molecule has 3 aromatic carbocycles. The molecule has 0 saturated heterocycles. The van der Waals surface area contributed by atoms with Crippen molar-refractivity contribution in [1.82, 2.24) is 9.55 Å². The fourth-order valence-electron chi connectivity index (χ4n) is 4.26. The lowest BCUT2D eigenvalue weighted by Gasteiger charge is -2.14. The van der Waals surface area contributed by atoms with Crippen LogP contribution < -0.4 is 15.3 Å². The number of carbonyl (C=O) groups excluding carboxylic acids is 3. The first-order valence-corrected chi connectivity index (χ1v) is 11.6. The molecule has 36 heavy (non-hydrogen) atoms. The Kier molecular flexibility index (Phi) is 6.12. The number of aryl methyl sites for hydroxylation is 1. The number of fused-ring (bicyclic) bond motifs is 2. The molecule has 0 aliphatic carbocycles. The molecule has 2 heterocycles. The van der Waals surface area contributed by atoms with E-state index in [-0.39, 0.29) is 29.0 Å². The highest BCUT2D eigenvalue weighted by molar-refractivity contribution is 6.34. The van der Waals surface area contributed by atoms with Crippen LogP contribution in [0.25, 0.3) is 11.0 Å². The van der Waals surface area contributed by atoms with Crippen LogP contribution in [0.3, 0.4) is 0 Å². The zero-order chi connectivity index (χ0) is 25.2. The van der Waals surface area contributed by atoms with Crippen molar-refractivity contribution in [3.63, 3.8) is 0 Å². The fraction of sp³-hybridized carbons (Fsp3) is 0.185. The molecule has 0 atom stereocenters. The van der Waals surface area contributed by atoms with E-state index in [2.05, 4.69) is 4.98 Å². The number of aromatic amines is 1. The predicted molar refractivity (Wildman–Crippen MR) is 133 cm³/mol. The second-order valence-electron chi connectivity index (χ2n) is 8.22. The van der Waals surface area contributed by atoms with Gasteiger partial charge in [0.2, 0.25) is 0 Å². The number of benzene rings is 3. The Morgan fingerprint density at radius 2 is 1.67 bits per heavy atom. The number of hydrogen-bond donors (Lipinski definition) is 1. The van der Waals surface area contributed by atoms with Crippen LogP contribution in [0.2, 0.25) is 0 Å². The standard InChI is InChI=1S/C27H23N3O6/c1-2-35-19-11-9-18(10-12-19)30-24(31)20-13-8-17(16-21(20)25(30)32)26(33)36-15-5-14-29-23-7-4-3-6-22(23)28-27(29)34/h3-4,6-13,16H,2,5,14-15H2,1H3,(H,28,34). The van der Waals surface area contributed by atoms with E-state index < -0.39 is 17.8 Å². The highest BCUT2D eigenvalue weighted by Gasteiger charge is 2.37. The van der Waals surface area contributed by atoms with Crippen molar-refractivity contribution in [3.05, 3.63) is 93.9 Å². The number of H-pyrrole nitrogens is 1. The molecule has 4 aromatic rings. The number of nitrogens with zero attached hydrogens (tertiary/aromatic N) is 2. The van der Waals surface area contributed by atoms with E-state index >= 15 is 0 Å². The maximum absolute atomic E-state index is 13.0. The lowest BCUT2D eigenvalue weighted by Crippen LogP contribution is -2.29. The molecule has 182 valence electrons. The van der Waals surface area contributed by atoms with E-state index in [1.165, 1.54) is 18.2 Å². The van der Waals surface area contributed by atoms with Crippen LogP contribution in [0.15, 0.2) is 71.5 Å². The van der Waals surface area contributed by atoms with Gasteiger partial charge in [-0.05, 0) is 67.9 Å². The minimum absolute atomic E-state index is 0.0903. The smallest absolute Gasteiger partial charge is 0.338 e. The molecule has 0 saturated carbocycles. The zero-order valence-electron chi connectivity index (χ0n) is 19.5. The number of hydrogen-bond acceptors (Lipinski definition) is 6. The number of rotatable bonds is 8. The minimum Gasteiger partial charge on any atom is -0.494 e. The molecule has 0 spiro atoms. The zero-order valence-corrected chi connectivity index (χ0v) is 19.5. The molecular formula is C27H23N3O6. The third kappa shape index (κ3) is 4.15. The summed E-state index contributed by atoms with van der Waals surface area (Å²) < 4.78 is 12.4. The monoisotopic (exact) mass is 485 g/mol. The highest BCUT2D eigenvalue weighted by Crippen LogP contribution is 2.30. The van der Waals surface area contributed by atoms with E-state index in [1.54, 1.807) is 28.8 Å². The maximum atomic E-state index is 13.0. The number of anilines is 1. The summed E-state index contributed by atoms with van der Waals surface area (Å²) in [7, 11) is 0. The first kappa shape index (κ1) is 23.1. The van der Waals surface area contributed by atoms with Crippen LogP contribution in [-0.4, -0.2) is 40.5 Å². The van der Waals surface area contributed by atoms with Crippen molar-refractivity contribution in [2.45, 2.75) is 19.9 Å². The summed E-state index contributed by atoms with van der Waals surface area (Å²) >= 11 is 0. The molecule has 9 heteroatoms. The molecule has 1 N–H and O–H groups in total. The van der Waals surface area contributed by atoms with E-state index in [1.807, 2.05) is 31.2 Å². The van der Waals surface area contributed by atoms with Crippen molar-refractivity contribution < 1.29 is 23.9 Å². The third-order valence-electron chi connectivity index (χ3n) is 5.97. The van der Waals surface area contributed by atoms with Gasteiger partial charge >= 0.3 is 11.7 Å². The molecule has 1 aliphatic rings. The van der Waals surface area contributed by atoms with Gasteiger partial charge < -0.3 is 14.5 Å². The van der Waals surface area contributed by atoms with Gasteiger partial charge in [-0.3, -0.25) is 14.2 Å². The van der Waals surface area contributed by atoms with Gasteiger partial charge in [0.1, 0.15) is 5.75 Å². The van der Waals surface area contributed by atoms with Gasteiger partial charge in [0.05, 0.1) is 46.6 Å². The highest BCUT2D eigenvalue weighted by atomic mass is 16.5. The molecule has 0 radical (unpaired) electrons. The Bertz CT molecular complexity index is 1530. The van der Waals surface area contributed by atoms with Crippen LogP contribution in [0.4, 0.5) is 5.69 Å². The van der Waals surface area contributed by atoms with E-state index in [0.717, 1.165) is 15.9 Å². The molecular weight excluding hydrogens is 462 g/mol. The third-order valence-corrected chi connectivity index (χ3v) is 5.97. The topological polar surface area (TPSA) is 111 Å². The SMILES string of the molecule is CCOc1ccc(N2C(=O)c3ccc(C(=O)OCCCn4c(=O)[nH]c5ccccc54)cc3C2=O)cc1. The predicted octanol–water partition coefficient (Wildman–Crippen LogP) is 3.78. The number of aromatic nitrogens is 2. The van der Waals surface area contributed by atoms with Gasteiger partial charge in [-0.1, -0.05) is 12.1 Å². The number of nitrogens with one attached hydrogen (secondary N) is 1. The van der Waals surface area contributed by atoms with Crippen LogP contribution in [0.1, 0.15) is 44.4 Å². The second kappa shape index (κ2) is 9.53. The van der Waals surface area contributed by atoms with Crippen molar-refractivity contribution in [2.24, 2.45) is 0 Å². The second-order valence-corrected chi connectivity index (χ2v) is 8.22. The number of esters is 1. The molecule has 9 nitrogen and oxygen atoms in total. The molecule has 0 unspecified atom stereocenters. The Morgan fingerprint density at radius 1 is 0.917 bits per heavy atom. The van der Waals surface area contributed by atoms with Crippen molar-refractivity contribution in [3.8, 4) is 5.75 Å². The van der Waals surface area contributed by atoms with Crippen molar-refractivity contribution in [2.75, 3.05) is 18.1 Å². The summed E-state index contributed by atoms with van der Waals surface area (Å²) in [4.78, 5) is 54.5. The van der Waals surface area contributed by atoms with Crippen LogP contribution in [0, 0.1) is 0 Å². The van der Waals surface area contributed by atoms with Crippen molar-refractivity contribution >= 4 is 34.5 Å². The first-order valence-electron chi connectivity index (χ1n) is 11.6. The molecule has 2 amide bonds. The Morgan fingerprint density at radius 3 is 2.44 bits per heavy atom. The van der Waals surface area contributed by atoms with Crippen LogP contribution >= 0.6 is 0 Å². The summed E-state index contributed by atoms with van der Waals surface area (Å²) in [5.41, 5.74) is 2.28. The lowest BCUT2D eigenvalue weighted by atomic mass is 10.1. The Hall–Kier alpha value is -4.66. The van der Waals surface area contributed by atoms with Gasteiger partial charge in [-0.2, -0.15) is 0 Å². The van der Waals surface area contributed by atoms with Gasteiger partial charge in [0.15, 0.2) is 0 Å². The minimum atomic E-state index is -0.608. The van der Waals surface area contributed by atoms with Gasteiger partial charge in [-0.25, -0.2) is 14.5 Å². The number of ether oxygens (including phenoxy) is 2. The van der Waals surface area contributed by atoms with Gasteiger partial charge in [0, 0.05) is 6.54 Å². The molecule has 0 fully saturated rings. The largest absolute Gasteiger partial charge is 0.494 e. The fourth-order valence-corrected chi connectivity index (χ4v) is 4.26. The number of para-hydroxylation sites is 2. The Balaban J connectivity index is 1.24. The summed E-state index contributed by atoms with van der Waals surface area (Å²) in [5, 5.41) is 0. The van der Waals surface area contributed by atoms with Gasteiger partial charge in [0.25, 0.3) is 11.8 Å². The number of imide groups is 1. The summed E-state index contributed by atoms with van der Waals surface area (Å²) in [6, 6.07) is 18.3. The van der Waals surface area contributed by atoms with Crippen LogP contribution in [0.5, 0.6) is 5.75 Å². The van der Waals surface area contributed by atoms with E-state index in [9.17, 15) is 19.2 Å². The summed E-state index contributed by atoms with van der Waals surface area (Å²) in [6.07, 6.45) is 0.432. The molecule has 5 rings (SSSR count). The lowest BCUT2D eigenvalue weighted by molar-refractivity contribution is 0.0496. The normalized spacial score (nSPS) is 12.8. The van der Waals surface area contributed by atoms with E-state index in [4.69, 9.17) is 9.47 Å². The number of amides is 2. The Labute approximate surface area is 205 Å². The maximum Gasteiger partial charge on any atom is 0.338 e. The average molecular weight is 485 g/mol. The number of carbonyl (C=O) groups is 3. The van der Waals surface area contributed by atoms with Crippen molar-refractivity contribution in [1.29, 1.82) is 0 Å². The summed E-state index contributed by atoms with van der Waals surface area (Å²) in [6.45, 7) is 2.84. The number of imidazole rings is 1. The quantitative estimate of drug-likeness (QED) is 0.231. The average Bonchev–Trinajstić information content (AvgIpc) is 3.34. The first-order chi connectivity index (χ1) is 17.5. The molecule has 1 aromatic heterocycles. The molecule has 0 bridgehead atoms. The summed E-state index contributed by atoms with van der Waals surface area (Å²) in [5.74, 6) is -0.933.